The molecule has 0 saturated heterocycles. The number of carbonyl (C=O) groups is 1. The lowest BCUT2D eigenvalue weighted by molar-refractivity contribution is -0.116. The van der Waals surface area contributed by atoms with E-state index in [0.29, 0.717) is 29.8 Å². The molecule has 0 radical (unpaired) electrons. The minimum atomic E-state index is -0.323. The van der Waals surface area contributed by atoms with Gasteiger partial charge in [-0.05, 0) is 22.0 Å². The summed E-state index contributed by atoms with van der Waals surface area (Å²) in [5, 5.41) is 3.19. The van der Waals surface area contributed by atoms with Gasteiger partial charge in [-0.3, -0.25) is 9.59 Å². The molecule has 1 N–H and O–H groups in total. The number of thiazole rings is 1. The number of rotatable bonds is 3. The Morgan fingerprint density at radius 2 is 2.04 bits per heavy atom. The summed E-state index contributed by atoms with van der Waals surface area (Å²) in [5.41, 5.74) is 0.480. The van der Waals surface area contributed by atoms with Crippen LogP contribution in [0, 0.1) is 0 Å². The summed E-state index contributed by atoms with van der Waals surface area (Å²) in [7, 11) is 0. The van der Waals surface area contributed by atoms with Crippen molar-refractivity contribution in [3.05, 3.63) is 45.3 Å². The fourth-order valence-electron chi connectivity index (χ4n) is 2.46. The minimum absolute atomic E-state index is 0.0864. The summed E-state index contributed by atoms with van der Waals surface area (Å²) in [6.07, 6.45) is 1.57. The summed E-state index contributed by atoms with van der Waals surface area (Å²) in [6, 6.07) is 6.69. The highest BCUT2D eigenvalue weighted by atomic mass is 79.9. The van der Waals surface area contributed by atoms with Crippen molar-refractivity contribution >= 4 is 48.5 Å². The fourth-order valence-corrected chi connectivity index (χ4v) is 3.73. The Bertz CT molecular complexity index is 987. The van der Waals surface area contributed by atoms with Crippen LogP contribution in [-0.2, 0) is 11.3 Å². The molecule has 4 rings (SSSR count). The van der Waals surface area contributed by atoms with Crippen LogP contribution < -0.4 is 20.3 Å². The fraction of sp³-hybridized carbons (Fsp3) is 0.188. The van der Waals surface area contributed by atoms with Crippen molar-refractivity contribution in [1.29, 1.82) is 0 Å². The van der Waals surface area contributed by atoms with Gasteiger partial charge in [-0.15, -0.1) is 0 Å². The number of benzene rings is 1. The molecule has 1 aliphatic rings. The smallest absolute Gasteiger partial charge is 0.251 e. The van der Waals surface area contributed by atoms with E-state index in [1.807, 2.05) is 6.07 Å². The summed E-state index contributed by atoms with van der Waals surface area (Å²) in [4.78, 5) is 28.4. The molecular formula is C16H12BrN3O4S. The highest BCUT2D eigenvalue weighted by Gasteiger charge is 2.16. The maximum atomic E-state index is 12.2. The first-order valence-corrected chi connectivity index (χ1v) is 9.05. The Morgan fingerprint density at radius 1 is 1.28 bits per heavy atom. The third kappa shape index (κ3) is 3.38. The lowest BCUT2D eigenvalue weighted by Crippen LogP contribution is -2.26. The van der Waals surface area contributed by atoms with Crippen molar-refractivity contribution < 1.29 is 14.3 Å². The standard InChI is InChI=1S/C16H12BrN3O4S/c17-9-1-2-15(22)20(7-9)8-14(21)19-16-18-10-5-11-12(6-13(10)25-16)24-4-3-23-11/h1-2,5-7H,3-4,8H2,(H,18,19,21). The van der Waals surface area contributed by atoms with E-state index in [2.05, 4.69) is 26.2 Å². The van der Waals surface area contributed by atoms with Crippen molar-refractivity contribution in [2.75, 3.05) is 18.5 Å². The number of carbonyl (C=O) groups excluding carboxylic acids is 1. The summed E-state index contributed by atoms with van der Waals surface area (Å²) >= 11 is 4.62. The van der Waals surface area contributed by atoms with Gasteiger partial charge < -0.3 is 19.4 Å². The normalized spacial score (nSPS) is 13.0. The molecular weight excluding hydrogens is 410 g/mol. The molecule has 128 valence electrons. The van der Waals surface area contributed by atoms with Crippen LogP contribution in [-0.4, -0.2) is 28.7 Å². The lowest BCUT2D eigenvalue weighted by atomic mass is 10.3. The molecule has 7 nitrogen and oxygen atoms in total. The van der Waals surface area contributed by atoms with Crippen LogP contribution in [0.2, 0.25) is 0 Å². The number of aromatic nitrogens is 2. The highest BCUT2D eigenvalue weighted by molar-refractivity contribution is 9.10. The van der Waals surface area contributed by atoms with Gasteiger partial charge in [0.15, 0.2) is 16.6 Å². The zero-order valence-electron chi connectivity index (χ0n) is 12.8. The van der Waals surface area contributed by atoms with E-state index in [-0.39, 0.29) is 18.0 Å². The molecule has 25 heavy (non-hydrogen) atoms. The molecule has 0 fully saturated rings. The molecule has 0 bridgehead atoms. The largest absolute Gasteiger partial charge is 0.486 e. The van der Waals surface area contributed by atoms with Gasteiger partial charge >= 0.3 is 0 Å². The third-order valence-electron chi connectivity index (χ3n) is 3.56. The van der Waals surface area contributed by atoms with Crippen LogP contribution >= 0.6 is 27.3 Å². The second-order valence-corrected chi connectivity index (χ2v) is 7.29. The predicted molar refractivity (Wildman–Crippen MR) is 97.6 cm³/mol. The molecule has 3 heterocycles. The quantitative estimate of drug-likeness (QED) is 0.702. The number of anilines is 1. The van der Waals surface area contributed by atoms with Crippen molar-refractivity contribution in [3.63, 3.8) is 0 Å². The summed E-state index contributed by atoms with van der Waals surface area (Å²) < 4.78 is 14.0. The molecule has 9 heteroatoms. The van der Waals surface area contributed by atoms with Crippen LogP contribution in [0.5, 0.6) is 11.5 Å². The van der Waals surface area contributed by atoms with E-state index in [1.165, 1.54) is 22.0 Å². The Labute approximate surface area is 154 Å². The van der Waals surface area contributed by atoms with E-state index in [1.54, 1.807) is 18.3 Å². The van der Waals surface area contributed by atoms with Gasteiger partial charge in [0.2, 0.25) is 5.91 Å². The van der Waals surface area contributed by atoms with E-state index in [4.69, 9.17) is 9.47 Å². The first kappa shape index (κ1) is 16.1. The number of ether oxygens (including phenoxy) is 2. The lowest BCUT2D eigenvalue weighted by Gasteiger charge is -2.17. The molecule has 1 amide bonds. The predicted octanol–water partition coefficient (Wildman–Crippen LogP) is 2.63. The van der Waals surface area contributed by atoms with Crippen molar-refractivity contribution in [2.45, 2.75) is 6.54 Å². The van der Waals surface area contributed by atoms with Gasteiger partial charge in [-0.2, -0.15) is 0 Å². The molecule has 0 saturated carbocycles. The SMILES string of the molecule is O=C(Cn1cc(Br)ccc1=O)Nc1nc2cc3c(cc2s1)OCCO3. The Hall–Kier alpha value is -2.39. The second-order valence-electron chi connectivity index (χ2n) is 5.34. The van der Waals surface area contributed by atoms with E-state index < -0.39 is 0 Å². The Morgan fingerprint density at radius 3 is 2.84 bits per heavy atom. The van der Waals surface area contributed by atoms with Gasteiger partial charge in [0.05, 0.1) is 10.2 Å². The van der Waals surface area contributed by atoms with Gasteiger partial charge in [0, 0.05) is 28.9 Å². The molecule has 3 aromatic rings. The number of nitrogens with zero attached hydrogens (tertiary/aromatic N) is 2. The van der Waals surface area contributed by atoms with Crippen LogP contribution in [0.3, 0.4) is 0 Å². The average molecular weight is 422 g/mol. The van der Waals surface area contributed by atoms with E-state index >= 15 is 0 Å². The van der Waals surface area contributed by atoms with E-state index in [0.717, 1.165) is 14.7 Å². The number of fused-ring (bicyclic) bond motifs is 2. The summed E-state index contributed by atoms with van der Waals surface area (Å²) in [6.45, 7) is 0.937. The molecule has 0 spiro atoms. The van der Waals surface area contributed by atoms with Gasteiger partial charge in [0.25, 0.3) is 5.56 Å². The van der Waals surface area contributed by atoms with Gasteiger partial charge in [-0.1, -0.05) is 11.3 Å². The number of halogens is 1. The van der Waals surface area contributed by atoms with Crippen LogP contribution in [0.1, 0.15) is 0 Å². The van der Waals surface area contributed by atoms with Crippen molar-refractivity contribution in [3.8, 4) is 11.5 Å². The van der Waals surface area contributed by atoms with Crippen LogP contribution in [0.15, 0.2) is 39.7 Å². The molecule has 0 aliphatic carbocycles. The molecule has 1 aromatic carbocycles. The topological polar surface area (TPSA) is 82.5 Å². The van der Waals surface area contributed by atoms with Gasteiger partial charge in [0.1, 0.15) is 19.8 Å². The number of hydrogen-bond donors (Lipinski definition) is 1. The van der Waals surface area contributed by atoms with Crippen LogP contribution in [0.4, 0.5) is 5.13 Å². The maximum Gasteiger partial charge on any atom is 0.251 e. The molecule has 1 aliphatic heterocycles. The number of amides is 1. The Balaban J connectivity index is 1.55. The minimum Gasteiger partial charge on any atom is -0.486 e. The molecule has 2 aromatic heterocycles. The molecule has 0 atom stereocenters. The third-order valence-corrected chi connectivity index (χ3v) is 4.96. The van der Waals surface area contributed by atoms with Crippen LogP contribution in [0.25, 0.3) is 10.2 Å². The number of nitrogens with one attached hydrogen (secondary N) is 1. The average Bonchev–Trinajstić information content (AvgIpc) is 2.96. The first-order valence-electron chi connectivity index (χ1n) is 7.44. The number of hydrogen-bond acceptors (Lipinski definition) is 6. The zero-order chi connectivity index (χ0) is 17.4. The first-order chi connectivity index (χ1) is 12.1. The zero-order valence-corrected chi connectivity index (χ0v) is 15.2. The summed E-state index contributed by atoms with van der Waals surface area (Å²) in [5.74, 6) is 1.01. The van der Waals surface area contributed by atoms with E-state index in [9.17, 15) is 9.59 Å². The maximum absolute atomic E-state index is 12.2. The molecule has 0 unspecified atom stereocenters. The Kier molecular flexibility index (Phi) is 4.18. The monoisotopic (exact) mass is 421 g/mol. The van der Waals surface area contributed by atoms with Crippen molar-refractivity contribution in [2.24, 2.45) is 0 Å². The second kappa shape index (κ2) is 6.49. The highest BCUT2D eigenvalue weighted by Crippen LogP contribution is 2.37. The number of pyridine rings is 1. The van der Waals surface area contributed by atoms with Gasteiger partial charge in [-0.25, -0.2) is 4.98 Å². The van der Waals surface area contributed by atoms with Crippen molar-refractivity contribution in [1.82, 2.24) is 9.55 Å².